The molecule has 0 aromatic heterocycles. The molecule has 4 nitrogen and oxygen atoms in total. The molecule has 0 spiro atoms. The number of benzene rings is 2. The molecule has 1 N–H and O–H groups in total. The molecule has 2 aromatic rings. The molecule has 1 fully saturated rings. The van der Waals surface area contributed by atoms with Crippen LogP contribution in [0.15, 0.2) is 34.8 Å². The molecule has 8 heteroatoms. The van der Waals surface area contributed by atoms with Crippen molar-refractivity contribution in [2.75, 3.05) is 16.8 Å². The highest BCUT2D eigenvalue weighted by Gasteiger charge is 2.35. The van der Waals surface area contributed by atoms with E-state index in [1.165, 1.54) is 4.90 Å². The normalized spacial score (nSPS) is 16.9. The number of hydrogen-bond donors (Lipinski definition) is 1. The monoisotopic (exact) mass is 426 g/mol. The average Bonchev–Trinajstić information content (AvgIpc) is 3.00. The number of rotatable bonds is 3. The summed E-state index contributed by atoms with van der Waals surface area (Å²) < 4.78 is 40.8. The van der Waals surface area contributed by atoms with Gasteiger partial charge in [-0.25, -0.2) is 13.2 Å². The Morgan fingerprint density at radius 2 is 1.92 bits per heavy atom. The topological polar surface area (TPSA) is 49.4 Å². The number of nitrogens with one attached hydrogen (secondary N) is 1. The van der Waals surface area contributed by atoms with E-state index in [-0.39, 0.29) is 18.9 Å². The first-order chi connectivity index (χ1) is 12.3. The van der Waals surface area contributed by atoms with Crippen LogP contribution in [0.4, 0.5) is 24.5 Å². The van der Waals surface area contributed by atoms with Crippen LogP contribution in [0.25, 0.3) is 0 Å². The van der Waals surface area contributed by atoms with E-state index in [4.69, 9.17) is 0 Å². The molecule has 1 heterocycles. The maximum Gasteiger partial charge on any atom is 0.229 e. The average molecular weight is 427 g/mol. The molecule has 0 aliphatic carbocycles. The van der Waals surface area contributed by atoms with Crippen molar-refractivity contribution in [1.82, 2.24) is 0 Å². The number of nitrogens with zero attached hydrogens (tertiary/aromatic N) is 1. The first kappa shape index (κ1) is 18.4. The highest BCUT2D eigenvalue weighted by molar-refractivity contribution is 9.10. The molecule has 0 saturated carbocycles. The van der Waals surface area contributed by atoms with Crippen molar-refractivity contribution < 1.29 is 22.8 Å². The highest BCUT2D eigenvalue weighted by Crippen LogP contribution is 2.29. The Kier molecular flexibility index (Phi) is 5.04. The van der Waals surface area contributed by atoms with Gasteiger partial charge in [-0.3, -0.25) is 9.59 Å². The van der Waals surface area contributed by atoms with Gasteiger partial charge in [0.2, 0.25) is 11.8 Å². The maximum absolute atomic E-state index is 13.7. The zero-order chi connectivity index (χ0) is 19.0. The minimum atomic E-state index is -1.66. The zero-order valence-corrected chi connectivity index (χ0v) is 15.2. The third-order valence-corrected chi connectivity index (χ3v) is 5.13. The van der Waals surface area contributed by atoms with Crippen LogP contribution in [0, 0.1) is 30.3 Å². The summed E-state index contributed by atoms with van der Waals surface area (Å²) in [5.74, 6) is -6.05. The van der Waals surface area contributed by atoms with E-state index in [1.54, 1.807) is 6.07 Å². The first-order valence-corrected chi connectivity index (χ1v) is 8.58. The molecule has 136 valence electrons. The van der Waals surface area contributed by atoms with Crippen LogP contribution in [0.2, 0.25) is 0 Å². The third-order valence-electron chi connectivity index (χ3n) is 4.24. The van der Waals surface area contributed by atoms with E-state index in [1.807, 2.05) is 19.1 Å². The lowest BCUT2D eigenvalue weighted by Gasteiger charge is -2.18. The van der Waals surface area contributed by atoms with E-state index in [9.17, 15) is 22.8 Å². The summed E-state index contributed by atoms with van der Waals surface area (Å²) in [5.41, 5.74) is 1.14. The van der Waals surface area contributed by atoms with Crippen LogP contribution >= 0.6 is 15.9 Å². The summed E-state index contributed by atoms with van der Waals surface area (Å²) in [6.45, 7) is 2.00. The van der Waals surface area contributed by atoms with Gasteiger partial charge in [0.15, 0.2) is 17.5 Å². The highest BCUT2D eigenvalue weighted by atomic mass is 79.9. The molecule has 2 aromatic carbocycles. The van der Waals surface area contributed by atoms with Crippen LogP contribution in [-0.2, 0) is 9.59 Å². The molecule has 1 atom stereocenters. The predicted octanol–water partition coefficient (Wildman–Crippen LogP) is 4.17. The van der Waals surface area contributed by atoms with E-state index < -0.39 is 35.0 Å². The van der Waals surface area contributed by atoms with Crippen molar-refractivity contribution in [3.8, 4) is 0 Å². The Morgan fingerprint density at radius 3 is 2.62 bits per heavy atom. The third kappa shape index (κ3) is 3.46. The van der Waals surface area contributed by atoms with Gasteiger partial charge in [-0.1, -0.05) is 15.9 Å². The van der Waals surface area contributed by atoms with Crippen LogP contribution in [-0.4, -0.2) is 18.4 Å². The molecule has 1 unspecified atom stereocenters. The molecule has 1 aliphatic rings. The van der Waals surface area contributed by atoms with Gasteiger partial charge in [-0.05, 0) is 42.8 Å². The van der Waals surface area contributed by atoms with Crippen molar-refractivity contribution in [2.45, 2.75) is 13.3 Å². The first-order valence-electron chi connectivity index (χ1n) is 7.79. The van der Waals surface area contributed by atoms with Crippen LogP contribution in [0.5, 0.6) is 0 Å². The van der Waals surface area contributed by atoms with E-state index in [0.29, 0.717) is 5.69 Å². The van der Waals surface area contributed by atoms with Gasteiger partial charge in [-0.2, -0.15) is 0 Å². The van der Waals surface area contributed by atoms with Crippen molar-refractivity contribution in [3.05, 3.63) is 57.8 Å². The number of carbonyl (C=O) groups excluding carboxylic acids is 2. The van der Waals surface area contributed by atoms with Crippen LogP contribution < -0.4 is 10.2 Å². The second-order valence-corrected chi connectivity index (χ2v) is 6.91. The quantitative estimate of drug-likeness (QED) is 0.748. The molecule has 2 amide bonds. The molecular weight excluding hydrogens is 413 g/mol. The number of aryl methyl sites for hydroxylation is 1. The smallest absolute Gasteiger partial charge is 0.229 e. The van der Waals surface area contributed by atoms with E-state index >= 15 is 0 Å². The molecule has 3 rings (SSSR count). The van der Waals surface area contributed by atoms with E-state index in [2.05, 4.69) is 21.2 Å². The minimum Gasteiger partial charge on any atom is -0.323 e. The van der Waals surface area contributed by atoms with Gasteiger partial charge in [-0.15, -0.1) is 0 Å². The van der Waals surface area contributed by atoms with Gasteiger partial charge in [0.05, 0.1) is 11.6 Å². The molecular formula is C18H14BrF3N2O2. The summed E-state index contributed by atoms with van der Waals surface area (Å²) in [4.78, 5) is 26.1. The van der Waals surface area contributed by atoms with Gasteiger partial charge < -0.3 is 10.2 Å². The Labute approximate surface area is 156 Å². The van der Waals surface area contributed by atoms with Crippen LogP contribution in [0.1, 0.15) is 12.0 Å². The number of anilines is 2. The summed E-state index contributed by atoms with van der Waals surface area (Å²) >= 11 is 3.38. The molecule has 1 aliphatic heterocycles. The summed E-state index contributed by atoms with van der Waals surface area (Å²) in [6, 6.07) is 7.05. The van der Waals surface area contributed by atoms with Gasteiger partial charge in [0, 0.05) is 23.1 Å². The number of carbonyl (C=O) groups is 2. The van der Waals surface area contributed by atoms with Crippen molar-refractivity contribution in [3.63, 3.8) is 0 Å². The fourth-order valence-electron chi connectivity index (χ4n) is 2.79. The molecule has 0 bridgehead atoms. The lowest BCUT2D eigenvalue weighted by molar-refractivity contribution is -0.122. The molecule has 1 saturated heterocycles. The van der Waals surface area contributed by atoms with Crippen molar-refractivity contribution in [2.24, 2.45) is 5.92 Å². The standard InChI is InChI=1S/C18H14BrF3N2O2/c1-9-6-11(2-3-12(9)19)24-8-10(7-15(24)25)18(26)23-14-5-4-13(20)16(21)17(14)22/h2-6,10H,7-8H2,1H3,(H,23,26). The fourth-order valence-corrected chi connectivity index (χ4v) is 3.03. The Hall–Kier alpha value is -2.35. The zero-order valence-electron chi connectivity index (χ0n) is 13.7. The molecule has 0 radical (unpaired) electrons. The lowest BCUT2D eigenvalue weighted by atomic mass is 10.1. The maximum atomic E-state index is 13.7. The minimum absolute atomic E-state index is 0.0494. The number of hydrogen-bond acceptors (Lipinski definition) is 2. The molecule has 26 heavy (non-hydrogen) atoms. The van der Waals surface area contributed by atoms with Gasteiger partial charge >= 0.3 is 0 Å². The summed E-state index contributed by atoms with van der Waals surface area (Å²) in [7, 11) is 0. The van der Waals surface area contributed by atoms with Crippen molar-refractivity contribution >= 4 is 39.1 Å². The number of amides is 2. The van der Waals surface area contributed by atoms with E-state index in [0.717, 1.165) is 22.2 Å². The summed E-state index contributed by atoms with van der Waals surface area (Å²) in [6.07, 6.45) is -0.0494. The van der Waals surface area contributed by atoms with Gasteiger partial charge in [0.1, 0.15) is 0 Å². The Morgan fingerprint density at radius 1 is 1.19 bits per heavy atom. The fraction of sp³-hybridized carbons (Fsp3) is 0.222. The number of halogens is 4. The second kappa shape index (κ2) is 7.11. The Bertz CT molecular complexity index is 904. The second-order valence-electron chi connectivity index (χ2n) is 6.05. The van der Waals surface area contributed by atoms with Crippen LogP contribution in [0.3, 0.4) is 0 Å². The summed E-state index contributed by atoms with van der Waals surface area (Å²) in [5, 5.41) is 2.23. The predicted molar refractivity (Wildman–Crippen MR) is 94.3 cm³/mol. The SMILES string of the molecule is Cc1cc(N2CC(C(=O)Nc3ccc(F)c(F)c3F)CC2=O)ccc1Br. The Balaban J connectivity index is 1.75. The van der Waals surface area contributed by atoms with Gasteiger partial charge in [0.25, 0.3) is 0 Å². The largest absolute Gasteiger partial charge is 0.323 e. The lowest BCUT2D eigenvalue weighted by Crippen LogP contribution is -2.28. The van der Waals surface area contributed by atoms with Crippen molar-refractivity contribution in [1.29, 1.82) is 0 Å².